The molecule has 0 amide bonds. The van der Waals surface area contributed by atoms with Gasteiger partial charge in [0.15, 0.2) is 0 Å². The summed E-state index contributed by atoms with van der Waals surface area (Å²) in [7, 11) is 0. The van der Waals surface area contributed by atoms with Gasteiger partial charge in [0.05, 0.1) is 6.54 Å². The standard InChI is InChI=1S/C16H13F3N4O2/c1-9-5-11(6-10(2)20-9)8-23-4-3-12(7-13(23)24)14-21-15(25-22-14)16(17,18)19/h3-7H,8H2,1-2H3. The zero-order chi connectivity index (χ0) is 18.2. The van der Waals surface area contributed by atoms with Crippen LogP contribution in [0.3, 0.4) is 0 Å². The summed E-state index contributed by atoms with van der Waals surface area (Å²) in [6.07, 6.45) is -3.25. The minimum Gasteiger partial charge on any atom is -0.329 e. The summed E-state index contributed by atoms with van der Waals surface area (Å²) in [6.45, 7) is 4.04. The Balaban J connectivity index is 1.88. The molecule has 130 valence electrons. The van der Waals surface area contributed by atoms with Gasteiger partial charge >= 0.3 is 12.1 Å². The van der Waals surface area contributed by atoms with E-state index in [-0.39, 0.29) is 16.9 Å². The fourth-order valence-corrected chi connectivity index (χ4v) is 2.44. The van der Waals surface area contributed by atoms with Gasteiger partial charge in [-0.3, -0.25) is 9.78 Å². The Kier molecular flexibility index (Phi) is 4.15. The first-order chi connectivity index (χ1) is 11.7. The summed E-state index contributed by atoms with van der Waals surface area (Å²) in [6, 6.07) is 6.36. The lowest BCUT2D eigenvalue weighted by molar-refractivity contribution is -0.159. The van der Waals surface area contributed by atoms with Gasteiger partial charge in [0, 0.05) is 29.2 Å². The second-order valence-electron chi connectivity index (χ2n) is 5.56. The smallest absolute Gasteiger partial charge is 0.329 e. The first-order valence-electron chi connectivity index (χ1n) is 7.28. The third-order valence-electron chi connectivity index (χ3n) is 3.42. The van der Waals surface area contributed by atoms with Gasteiger partial charge in [-0.15, -0.1) is 0 Å². The van der Waals surface area contributed by atoms with Crippen LogP contribution in [-0.2, 0) is 12.7 Å². The second kappa shape index (κ2) is 6.15. The Morgan fingerprint density at radius 1 is 1.12 bits per heavy atom. The molecule has 3 rings (SSSR count). The van der Waals surface area contributed by atoms with Crippen LogP contribution in [0.25, 0.3) is 11.4 Å². The first-order valence-corrected chi connectivity index (χ1v) is 7.28. The van der Waals surface area contributed by atoms with E-state index in [9.17, 15) is 18.0 Å². The van der Waals surface area contributed by atoms with E-state index in [1.807, 2.05) is 26.0 Å². The molecule has 0 N–H and O–H groups in total. The van der Waals surface area contributed by atoms with Crippen molar-refractivity contribution in [2.75, 3.05) is 0 Å². The van der Waals surface area contributed by atoms with Crippen molar-refractivity contribution in [3.8, 4) is 11.4 Å². The molecule has 25 heavy (non-hydrogen) atoms. The average Bonchev–Trinajstić information content (AvgIpc) is 2.98. The fraction of sp³-hybridized carbons (Fsp3) is 0.250. The molecule has 0 bridgehead atoms. The molecule has 0 aromatic carbocycles. The second-order valence-corrected chi connectivity index (χ2v) is 5.56. The number of aryl methyl sites for hydroxylation is 2. The van der Waals surface area contributed by atoms with Crippen molar-refractivity contribution in [3.63, 3.8) is 0 Å². The molecule has 0 saturated carbocycles. The molecule has 0 atom stereocenters. The zero-order valence-electron chi connectivity index (χ0n) is 13.3. The number of hydrogen-bond acceptors (Lipinski definition) is 5. The molecule has 0 aliphatic heterocycles. The molecule has 0 unspecified atom stereocenters. The van der Waals surface area contributed by atoms with E-state index in [0.717, 1.165) is 17.0 Å². The maximum Gasteiger partial charge on any atom is 0.471 e. The van der Waals surface area contributed by atoms with Crippen LogP contribution < -0.4 is 5.56 Å². The molecule has 0 saturated heterocycles. The van der Waals surface area contributed by atoms with E-state index in [2.05, 4.69) is 19.6 Å². The summed E-state index contributed by atoms with van der Waals surface area (Å²) in [5.41, 5.74) is 2.35. The van der Waals surface area contributed by atoms with Gasteiger partial charge in [-0.25, -0.2) is 0 Å². The van der Waals surface area contributed by atoms with Crippen molar-refractivity contribution >= 4 is 0 Å². The molecule has 0 aliphatic carbocycles. The summed E-state index contributed by atoms with van der Waals surface area (Å²) in [5.74, 6) is -1.73. The van der Waals surface area contributed by atoms with Crippen LogP contribution in [-0.4, -0.2) is 19.7 Å². The Morgan fingerprint density at radius 2 is 1.80 bits per heavy atom. The molecule has 0 radical (unpaired) electrons. The van der Waals surface area contributed by atoms with Crippen molar-refractivity contribution in [3.05, 3.63) is 63.7 Å². The molecule has 3 aromatic heterocycles. The number of halogens is 3. The quantitative estimate of drug-likeness (QED) is 0.726. The Bertz CT molecular complexity index is 956. The van der Waals surface area contributed by atoms with Gasteiger partial charge < -0.3 is 9.09 Å². The van der Waals surface area contributed by atoms with Crippen LogP contribution in [0.4, 0.5) is 13.2 Å². The van der Waals surface area contributed by atoms with Crippen LogP contribution in [0.1, 0.15) is 22.8 Å². The highest BCUT2D eigenvalue weighted by Crippen LogP contribution is 2.29. The predicted molar refractivity (Wildman–Crippen MR) is 81.8 cm³/mol. The van der Waals surface area contributed by atoms with Gasteiger partial charge in [-0.1, -0.05) is 5.16 Å². The number of pyridine rings is 2. The lowest BCUT2D eigenvalue weighted by atomic mass is 10.2. The maximum absolute atomic E-state index is 12.5. The highest BCUT2D eigenvalue weighted by Gasteiger charge is 2.38. The van der Waals surface area contributed by atoms with Crippen LogP contribution in [0.2, 0.25) is 0 Å². The van der Waals surface area contributed by atoms with Gasteiger partial charge in [0.25, 0.3) is 5.56 Å². The summed E-state index contributed by atoms with van der Waals surface area (Å²) in [5, 5.41) is 3.27. The van der Waals surface area contributed by atoms with Crippen LogP contribution in [0.15, 0.2) is 39.8 Å². The number of hydrogen-bond donors (Lipinski definition) is 0. The lowest BCUT2D eigenvalue weighted by Crippen LogP contribution is -2.19. The number of alkyl halides is 3. The highest BCUT2D eigenvalue weighted by molar-refractivity contribution is 5.52. The van der Waals surface area contributed by atoms with Crippen LogP contribution in [0.5, 0.6) is 0 Å². The van der Waals surface area contributed by atoms with Crippen molar-refractivity contribution < 1.29 is 17.7 Å². The molecule has 0 fully saturated rings. The molecular formula is C16H13F3N4O2. The van der Waals surface area contributed by atoms with Crippen molar-refractivity contribution in [1.29, 1.82) is 0 Å². The third kappa shape index (κ3) is 3.76. The van der Waals surface area contributed by atoms with Gasteiger partial charge in [0.1, 0.15) is 0 Å². The Morgan fingerprint density at radius 3 is 2.36 bits per heavy atom. The van der Waals surface area contributed by atoms with Crippen LogP contribution >= 0.6 is 0 Å². The summed E-state index contributed by atoms with van der Waals surface area (Å²) in [4.78, 5) is 19.8. The minimum atomic E-state index is -4.72. The van der Waals surface area contributed by atoms with Crippen molar-refractivity contribution in [1.82, 2.24) is 19.7 Å². The number of nitrogens with zero attached hydrogens (tertiary/aromatic N) is 4. The Hall–Kier alpha value is -2.97. The van der Waals surface area contributed by atoms with E-state index in [4.69, 9.17) is 0 Å². The van der Waals surface area contributed by atoms with E-state index >= 15 is 0 Å². The number of rotatable bonds is 3. The number of aromatic nitrogens is 4. The molecule has 9 heteroatoms. The molecule has 0 spiro atoms. The largest absolute Gasteiger partial charge is 0.471 e. The maximum atomic E-state index is 12.5. The molecule has 0 aliphatic rings. The van der Waals surface area contributed by atoms with Gasteiger partial charge in [-0.2, -0.15) is 18.2 Å². The topological polar surface area (TPSA) is 73.8 Å². The van der Waals surface area contributed by atoms with Crippen LogP contribution in [0, 0.1) is 13.8 Å². The summed E-state index contributed by atoms with van der Waals surface area (Å²) < 4.78 is 43.1. The Labute approximate surface area is 139 Å². The molecular weight excluding hydrogens is 337 g/mol. The van der Waals surface area contributed by atoms with E-state index in [0.29, 0.717) is 6.54 Å². The van der Waals surface area contributed by atoms with Gasteiger partial charge in [-0.05, 0) is 37.6 Å². The van der Waals surface area contributed by atoms with Gasteiger partial charge in [0.2, 0.25) is 5.82 Å². The van der Waals surface area contributed by atoms with Crippen molar-refractivity contribution in [2.24, 2.45) is 0 Å². The SMILES string of the molecule is Cc1cc(Cn2ccc(-c3noc(C(F)(F)F)n3)cc2=O)cc(C)n1. The first kappa shape index (κ1) is 16.9. The van der Waals surface area contributed by atoms with E-state index in [1.165, 1.54) is 22.9 Å². The highest BCUT2D eigenvalue weighted by atomic mass is 19.4. The molecule has 3 aromatic rings. The monoisotopic (exact) mass is 350 g/mol. The molecule has 3 heterocycles. The minimum absolute atomic E-state index is 0.155. The van der Waals surface area contributed by atoms with E-state index < -0.39 is 12.1 Å². The fourth-order valence-electron chi connectivity index (χ4n) is 2.44. The molecule has 6 nitrogen and oxygen atoms in total. The normalized spacial score (nSPS) is 11.7. The third-order valence-corrected chi connectivity index (χ3v) is 3.42. The van der Waals surface area contributed by atoms with E-state index in [1.54, 1.807) is 0 Å². The average molecular weight is 350 g/mol. The summed E-state index contributed by atoms with van der Waals surface area (Å²) >= 11 is 0. The predicted octanol–water partition coefficient (Wildman–Crippen LogP) is 2.98. The van der Waals surface area contributed by atoms with Crippen molar-refractivity contribution in [2.45, 2.75) is 26.6 Å². The zero-order valence-corrected chi connectivity index (χ0v) is 13.3. The lowest BCUT2D eigenvalue weighted by Gasteiger charge is -2.08.